The molecule has 3 aromatic carbocycles. The van der Waals surface area contributed by atoms with Crippen molar-refractivity contribution in [3.8, 4) is 11.5 Å². The maximum Gasteiger partial charge on any atom is 0.175 e. The first-order valence-electron chi connectivity index (χ1n) is 10.4. The van der Waals surface area contributed by atoms with Crippen molar-refractivity contribution >= 4 is 56.7 Å². The van der Waals surface area contributed by atoms with Gasteiger partial charge in [0.1, 0.15) is 6.61 Å². The van der Waals surface area contributed by atoms with Gasteiger partial charge in [0.2, 0.25) is 0 Å². The second-order valence-corrected chi connectivity index (χ2v) is 9.11. The molecule has 172 valence electrons. The molecule has 33 heavy (non-hydrogen) atoms. The van der Waals surface area contributed by atoms with Crippen LogP contribution in [0.4, 0.5) is 11.4 Å². The Morgan fingerprint density at radius 2 is 1.79 bits per heavy atom. The normalized spacial score (nSPS) is 14.0. The Morgan fingerprint density at radius 1 is 1.03 bits per heavy atom. The first-order chi connectivity index (χ1) is 16.0. The Balaban J connectivity index is 1.45. The van der Waals surface area contributed by atoms with Gasteiger partial charge in [-0.1, -0.05) is 29.3 Å². The number of methoxy groups -OCH3 is 1. The molecule has 1 fully saturated rings. The van der Waals surface area contributed by atoms with Crippen molar-refractivity contribution in [2.24, 2.45) is 4.99 Å². The summed E-state index contributed by atoms with van der Waals surface area (Å²) in [6, 6.07) is 17.5. The molecule has 0 atom stereocenters. The molecule has 0 radical (unpaired) electrons. The van der Waals surface area contributed by atoms with Crippen LogP contribution in [-0.4, -0.2) is 39.6 Å². The minimum absolute atomic E-state index is 0.328. The van der Waals surface area contributed by atoms with Crippen LogP contribution in [0.25, 0.3) is 0 Å². The molecule has 0 aromatic heterocycles. The number of benzene rings is 3. The third kappa shape index (κ3) is 6.21. The van der Waals surface area contributed by atoms with Gasteiger partial charge in [0.25, 0.3) is 0 Å². The van der Waals surface area contributed by atoms with E-state index in [9.17, 15) is 0 Å². The molecule has 0 unspecified atom stereocenters. The molecule has 0 bridgehead atoms. The molecule has 1 saturated heterocycles. The average molecular weight is 550 g/mol. The lowest BCUT2D eigenvalue weighted by Gasteiger charge is -2.28. The highest BCUT2D eigenvalue weighted by Gasteiger charge is 2.13. The van der Waals surface area contributed by atoms with Crippen LogP contribution >= 0.6 is 39.1 Å². The molecule has 0 amide bonds. The third-order valence-electron chi connectivity index (χ3n) is 5.21. The van der Waals surface area contributed by atoms with Gasteiger partial charge in [0.05, 0.1) is 40.5 Å². The van der Waals surface area contributed by atoms with E-state index in [1.165, 1.54) is 5.69 Å². The van der Waals surface area contributed by atoms with Gasteiger partial charge in [0, 0.05) is 25.0 Å². The summed E-state index contributed by atoms with van der Waals surface area (Å²) in [4.78, 5) is 6.92. The Morgan fingerprint density at radius 3 is 2.48 bits per heavy atom. The highest BCUT2D eigenvalue weighted by Crippen LogP contribution is 2.37. The zero-order valence-corrected chi connectivity index (χ0v) is 21.2. The number of halogens is 3. The highest BCUT2D eigenvalue weighted by molar-refractivity contribution is 9.10. The summed E-state index contributed by atoms with van der Waals surface area (Å²) < 4.78 is 17.7. The monoisotopic (exact) mass is 548 g/mol. The fourth-order valence-corrected chi connectivity index (χ4v) is 4.35. The maximum absolute atomic E-state index is 6.10. The highest BCUT2D eigenvalue weighted by atomic mass is 79.9. The number of anilines is 1. The summed E-state index contributed by atoms with van der Waals surface area (Å²) in [5, 5.41) is 1.01. The molecule has 1 heterocycles. The van der Waals surface area contributed by atoms with E-state index < -0.39 is 0 Å². The number of nitrogens with zero attached hydrogens (tertiary/aromatic N) is 2. The zero-order chi connectivity index (χ0) is 23.2. The number of hydrogen-bond acceptors (Lipinski definition) is 5. The van der Waals surface area contributed by atoms with Crippen molar-refractivity contribution in [2.75, 3.05) is 38.3 Å². The van der Waals surface area contributed by atoms with Gasteiger partial charge in [0.15, 0.2) is 11.5 Å². The summed E-state index contributed by atoms with van der Waals surface area (Å²) in [6.45, 7) is 3.69. The van der Waals surface area contributed by atoms with E-state index in [0.29, 0.717) is 28.2 Å². The van der Waals surface area contributed by atoms with Crippen LogP contribution in [0.2, 0.25) is 10.0 Å². The van der Waals surface area contributed by atoms with Crippen molar-refractivity contribution in [2.45, 2.75) is 6.61 Å². The fraction of sp³-hybridized carbons (Fsp3) is 0.240. The minimum atomic E-state index is 0.328. The first-order valence-corrected chi connectivity index (χ1v) is 12.0. The molecule has 1 aliphatic rings. The number of hydrogen-bond donors (Lipinski definition) is 0. The van der Waals surface area contributed by atoms with Crippen LogP contribution in [0.5, 0.6) is 11.5 Å². The van der Waals surface area contributed by atoms with Crippen molar-refractivity contribution in [3.05, 3.63) is 80.2 Å². The van der Waals surface area contributed by atoms with E-state index in [1.807, 2.05) is 30.3 Å². The van der Waals surface area contributed by atoms with E-state index in [4.69, 9.17) is 37.4 Å². The second kappa shape index (κ2) is 11.3. The van der Waals surface area contributed by atoms with E-state index in [0.717, 1.165) is 47.6 Å². The van der Waals surface area contributed by atoms with Crippen LogP contribution in [0.1, 0.15) is 11.1 Å². The molecule has 8 heteroatoms. The van der Waals surface area contributed by atoms with Crippen molar-refractivity contribution in [1.29, 1.82) is 0 Å². The Labute approximate surface area is 212 Å². The topological polar surface area (TPSA) is 43.3 Å². The molecular weight excluding hydrogens is 527 g/mol. The molecule has 3 aromatic rings. The van der Waals surface area contributed by atoms with E-state index in [-0.39, 0.29) is 0 Å². The average Bonchev–Trinajstić information content (AvgIpc) is 2.84. The van der Waals surface area contributed by atoms with E-state index >= 15 is 0 Å². The van der Waals surface area contributed by atoms with Gasteiger partial charge in [-0.05, 0) is 75.6 Å². The summed E-state index contributed by atoms with van der Waals surface area (Å²) in [5.41, 5.74) is 3.86. The standard InChI is InChI=1S/C25H23BrCl2N2O3/c1-31-24-14-18(12-21(26)25(24)33-16-17-2-7-22(27)23(28)13-17)15-29-19-3-5-20(6-4-19)30-8-10-32-11-9-30/h2-7,12-15H,8-11,16H2,1H3. The minimum Gasteiger partial charge on any atom is -0.493 e. The van der Waals surface area contributed by atoms with Crippen LogP contribution in [0.15, 0.2) is 64.1 Å². The molecule has 0 saturated carbocycles. The SMILES string of the molecule is COc1cc(C=Nc2ccc(N3CCOCC3)cc2)cc(Br)c1OCc1ccc(Cl)c(Cl)c1. The molecular formula is C25H23BrCl2N2O3. The van der Waals surface area contributed by atoms with Crippen molar-refractivity contribution in [3.63, 3.8) is 0 Å². The summed E-state index contributed by atoms with van der Waals surface area (Å²) in [6.07, 6.45) is 1.81. The van der Waals surface area contributed by atoms with Gasteiger partial charge in [-0.3, -0.25) is 4.99 Å². The Kier molecular flexibility index (Phi) is 8.15. The second-order valence-electron chi connectivity index (χ2n) is 7.45. The molecule has 0 aliphatic carbocycles. The first kappa shape index (κ1) is 23.9. The quantitative estimate of drug-likeness (QED) is 0.300. The third-order valence-corrected chi connectivity index (χ3v) is 6.54. The Bertz CT molecular complexity index is 1130. The number of rotatable bonds is 7. The van der Waals surface area contributed by atoms with Crippen molar-refractivity contribution < 1.29 is 14.2 Å². The van der Waals surface area contributed by atoms with E-state index in [1.54, 1.807) is 25.5 Å². The zero-order valence-electron chi connectivity index (χ0n) is 18.1. The summed E-state index contributed by atoms with van der Waals surface area (Å²) in [7, 11) is 1.61. The summed E-state index contributed by atoms with van der Waals surface area (Å²) >= 11 is 15.7. The van der Waals surface area contributed by atoms with Gasteiger partial charge in [-0.15, -0.1) is 0 Å². The molecule has 0 spiro atoms. The lowest BCUT2D eigenvalue weighted by Crippen LogP contribution is -2.36. The largest absolute Gasteiger partial charge is 0.493 e. The van der Waals surface area contributed by atoms with Crippen LogP contribution in [-0.2, 0) is 11.3 Å². The number of aliphatic imine (C=N–C) groups is 1. The van der Waals surface area contributed by atoms with Crippen LogP contribution in [0, 0.1) is 0 Å². The van der Waals surface area contributed by atoms with Gasteiger partial charge < -0.3 is 19.1 Å². The predicted octanol–water partition coefficient (Wildman–Crippen LogP) is 6.93. The fourth-order valence-electron chi connectivity index (χ4n) is 3.46. The van der Waals surface area contributed by atoms with Gasteiger partial charge >= 0.3 is 0 Å². The van der Waals surface area contributed by atoms with E-state index in [2.05, 4.69) is 38.0 Å². The lowest BCUT2D eigenvalue weighted by atomic mass is 10.2. The van der Waals surface area contributed by atoms with Gasteiger partial charge in [-0.2, -0.15) is 0 Å². The van der Waals surface area contributed by atoms with Gasteiger partial charge in [-0.25, -0.2) is 0 Å². The Hall–Kier alpha value is -2.25. The smallest absolute Gasteiger partial charge is 0.175 e. The summed E-state index contributed by atoms with van der Waals surface area (Å²) in [5.74, 6) is 1.21. The number of morpholine rings is 1. The predicted molar refractivity (Wildman–Crippen MR) is 138 cm³/mol. The van der Waals surface area contributed by atoms with Crippen LogP contribution in [0.3, 0.4) is 0 Å². The lowest BCUT2D eigenvalue weighted by molar-refractivity contribution is 0.122. The molecule has 0 N–H and O–H groups in total. The van der Waals surface area contributed by atoms with Crippen molar-refractivity contribution in [1.82, 2.24) is 0 Å². The van der Waals surface area contributed by atoms with Crippen LogP contribution < -0.4 is 14.4 Å². The molecule has 5 nitrogen and oxygen atoms in total. The number of ether oxygens (including phenoxy) is 3. The maximum atomic E-state index is 6.10. The molecule has 1 aliphatic heterocycles. The molecule has 4 rings (SSSR count).